The second kappa shape index (κ2) is 8.25. The monoisotopic (exact) mass is 461 g/mol. The number of amidine groups is 1. The van der Waals surface area contributed by atoms with Gasteiger partial charge < -0.3 is 15.3 Å². The highest BCUT2D eigenvalue weighted by molar-refractivity contribution is 8.13. The molecule has 0 saturated carbocycles. The number of thioether (sulfide) groups is 1. The number of hydrogen-bond acceptors (Lipinski definition) is 4. The molecule has 2 aromatic heterocycles. The van der Waals surface area contributed by atoms with Gasteiger partial charge in [-0.1, -0.05) is 30.0 Å². The summed E-state index contributed by atoms with van der Waals surface area (Å²) >= 11 is 1.24. The third kappa shape index (κ3) is 3.70. The molecule has 0 aliphatic carbocycles. The largest absolute Gasteiger partial charge is 0.379 e. The zero-order valence-electron chi connectivity index (χ0n) is 17.4. The van der Waals surface area contributed by atoms with Gasteiger partial charge in [-0.2, -0.15) is 0 Å². The van der Waals surface area contributed by atoms with Crippen LogP contribution in [0, 0.1) is 11.2 Å². The second-order valence-electron chi connectivity index (χ2n) is 7.75. The van der Waals surface area contributed by atoms with Crippen LogP contribution in [0.15, 0.2) is 54.9 Å². The van der Waals surface area contributed by atoms with Crippen LogP contribution < -0.4 is 11.1 Å². The highest BCUT2D eigenvalue weighted by Crippen LogP contribution is 2.38. The molecule has 0 atom stereocenters. The van der Waals surface area contributed by atoms with Gasteiger partial charge in [0.1, 0.15) is 5.82 Å². The van der Waals surface area contributed by atoms with Crippen LogP contribution in [-0.4, -0.2) is 32.3 Å². The fraction of sp³-hybridized carbons (Fsp3) is 0.125. The Morgan fingerprint density at radius 2 is 1.82 bits per heavy atom. The second-order valence-corrected chi connectivity index (χ2v) is 8.88. The predicted octanol–water partition coefficient (Wildman–Crippen LogP) is 3.85. The molecule has 5 N–H and O–H groups in total. The van der Waals surface area contributed by atoms with Gasteiger partial charge in [-0.25, -0.2) is 4.39 Å². The van der Waals surface area contributed by atoms with Crippen LogP contribution in [-0.2, 0) is 16.1 Å². The molecular weight excluding hydrogens is 441 g/mol. The van der Waals surface area contributed by atoms with Gasteiger partial charge in [0.15, 0.2) is 5.17 Å². The number of nitrogens with one attached hydrogen (secondary N) is 3. The van der Waals surface area contributed by atoms with E-state index in [2.05, 4.69) is 10.3 Å². The number of benzene rings is 2. The van der Waals surface area contributed by atoms with Crippen molar-refractivity contribution >= 4 is 61.7 Å². The molecule has 0 unspecified atom stereocenters. The van der Waals surface area contributed by atoms with Crippen molar-refractivity contribution < 1.29 is 14.0 Å². The minimum absolute atomic E-state index is 0.0498. The van der Waals surface area contributed by atoms with Crippen molar-refractivity contribution in [3.05, 3.63) is 71.8 Å². The van der Waals surface area contributed by atoms with Gasteiger partial charge in [-0.3, -0.25) is 20.3 Å². The summed E-state index contributed by atoms with van der Waals surface area (Å²) in [6.45, 7) is 0.547. The Balaban J connectivity index is 1.67. The zero-order chi connectivity index (χ0) is 23.1. The molecule has 1 aliphatic heterocycles. The van der Waals surface area contributed by atoms with Gasteiger partial charge in [-0.05, 0) is 30.7 Å². The summed E-state index contributed by atoms with van der Waals surface area (Å²) in [6, 6.07) is 12.0. The van der Waals surface area contributed by atoms with Crippen molar-refractivity contribution in [1.82, 2.24) is 14.9 Å². The van der Waals surface area contributed by atoms with Crippen LogP contribution in [0.4, 0.5) is 4.39 Å². The lowest BCUT2D eigenvalue weighted by atomic mass is 9.95. The van der Waals surface area contributed by atoms with Crippen LogP contribution >= 0.6 is 11.8 Å². The number of carbonyl (C=O) groups excluding carboxylic acids is 2. The Bertz CT molecular complexity index is 1480. The SMILES string of the molecule is N=C(N)SCCCn1cc(C2=C(c3c[nH]c4ccccc34)C(=O)NC2=O)c2ccc(F)cc21. The maximum Gasteiger partial charge on any atom is 0.259 e. The first-order chi connectivity index (χ1) is 15.9. The molecule has 33 heavy (non-hydrogen) atoms. The van der Waals surface area contributed by atoms with Crippen molar-refractivity contribution in [3.8, 4) is 0 Å². The average Bonchev–Trinajstić information content (AvgIpc) is 3.44. The van der Waals surface area contributed by atoms with E-state index in [0.29, 0.717) is 46.3 Å². The molecule has 166 valence electrons. The Labute approximate surface area is 192 Å². The van der Waals surface area contributed by atoms with E-state index in [-0.39, 0.29) is 16.6 Å². The Morgan fingerprint density at radius 1 is 1.06 bits per heavy atom. The number of imide groups is 1. The van der Waals surface area contributed by atoms with Crippen LogP contribution in [0.3, 0.4) is 0 Å². The van der Waals surface area contributed by atoms with Crippen LogP contribution in [0.1, 0.15) is 17.5 Å². The molecule has 0 spiro atoms. The van der Waals surface area contributed by atoms with E-state index in [1.54, 1.807) is 18.5 Å². The minimum Gasteiger partial charge on any atom is -0.379 e. The third-order valence-corrected chi connectivity index (χ3v) is 6.51. The summed E-state index contributed by atoms with van der Waals surface area (Å²) in [5.74, 6) is -0.678. The summed E-state index contributed by atoms with van der Waals surface area (Å²) < 4.78 is 16.0. The van der Waals surface area contributed by atoms with Crippen molar-refractivity contribution in [2.24, 2.45) is 5.73 Å². The number of hydrogen-bond donors (Lipinski definition) is 4. The van der Waals surface area contributed by atoms with E-state index in [4.69, 9.17) is 11.1 Å². The topological polar surface area (TPSA) is 117 Å². The number of amides is 2. The van der Waals surface area contributed by atoms with Gasteiger partial charge in [0.05, 0.1) is 16.7 Å². The van der Waals surface area contributed by atoms with E-state index in [0.717, 1.165) is 10.9 Å². The van der Waals surface area contributed by atoms with Crippen molar-refractivity contribution in [3.63, 3.8) is 0 Å². The van der Waals surface area contributed by atoms with Crippen LogP contribution in [0.5, 0.6) is 0 Å². The van der Waals surface area contributed by atoms with Gasteiger partial charge in [0.25, 0.3) is 11.8 Å². The minimum atomic E-state index is -0.476. The van der Waals surface area contributed by atoms with Crippen molar-refractivity contribution in [2.75, 3.05) is 5.75 Å². The smallest absolute Gasteiger partial charge is 0.259 e. The summed E-state index contributed by atoms with van der Waals surface area (Å²) in [5.41, 5.74) is 8.69. The predicted molar refractivity (Wildman–Crippen MR) is 129 cm³/mol. The number of rotatable bonds is 6. The third-order valence-electron chi connectivity index (χ3n) is 5.70. The van der Waals surface area contributed by atoms with Gasteiger partial charge in [-0.15, -0.1) is 0 Å². The Hall–Kier alpha value is -3.85. The summed E-state index contributed by atoms with van der Waals surface area (Å²) in [6.07, 6.45) is 4.23. The lowest BCUT2D eigenvalue weighted by molar-refractivity contribution is -0.122. The van der Waals surface area contributed by atoms with Crippen molar-refractivity contribution in [1.29, 1.82) is 5.41 Å². The van der Waals surface area contributed by atoms with E-state index < -0.39 is 11.8 Å². The van der Waals surface area contributed by atoms with Crippen LogP contribution in [0.2, 0.25) is 0 Å². The molecule has 4 aromatic rings. The molecule has 1 aliphatic rings. The molecule has 5 rings (SSSR count). The number of aromatic amines is 1. The average molecular weight is 462 g/mol. The first kappa shape index (κ1) is 21.0. The number of aromatic nitrogens is 2. The number of nitrogens with two attached hydrogens (primary N) is 1. The molecule has 0 radical (unpaired) electrons. The highest BCUT2D eigenvalue weighted by atomic mass is 32.2. The Morgan fingerprint density at radius 3 is 2.61 bits per heavy atom. The fourth-order valence-corrected chi connectivity index (χ4v) is 4.81. The molecule has 2 amide bonds. The van der Waals surface area contributed by atoms with Gasteiger partial charge >= 0.3 is 0 Å². The maximum atomic E-state index is 14.1. The lowest BCUT2D eigenvalue weighted by Gasteiger charge is -2.05. The number of H-pyrrole nitrogens is 1. The normalized spacial score (nSPS) is 14.0. The number of fused-ring (bicyclic) bond motifs is 2. The van der Waals surface area contributed by atoms with E-state index in [1.165, 1.54) is 23.9 Å². The summed E-state index contributed by atoms with van der Waals surface area (Å²) in [5, 5.41) is 11.3. The van der Waals surface area contributed by atoms with Crippen molar-refractivity contribution in [2.45, 2.75) is 13.0 Å². The molecule has 0 bridgehead atoms. The molecule has 2 aromatic carbocycles. The summed E-state index contributed by atoms with van der Waals surface area (Å²) in [4.78, 5) is 29.0. The molecule has 0 saturated heterocycles. The first-order valence-electron chi connectivity index (χ1n) is 10.4. The van der Waals surface area contributed by atoms with E-state index in [9.17, 15) is 14.0 Å². The van der Waals surface area contributed by atoms with Crippen LogP contribution in [0.25, 0.3) is 33.0 Å². The van der Waals surface area contributed by atoms with Gasteiger partial charge in [0.2, 0.25) is 0 Å². The van der Waals surface area contributed by atoms with Gasteiger partial charge in [0, 0.05) is 52.1 Å². The standard InChI is InChI=1S/C24H20FN5O2S/c25-13-6-7-15-17(12-30(19(15)10-13)8-3-9-33-24(26)27)21-20(22(31)29-23(21)32)16-11-28-18-5-2-1-4-14(16)18/h1-2,4-7,10-12,28H,3,8-9H2,(H3,26,27)(H,29,31,32). The zero-order valence-corrected chi connectivity index (χ0v) is 18.3. The maximum absolute atomic E-state index is 14.1. The number of aryl methyl sites for hydroxylation is 1. The Kier molecular flexibility index (Phi) is 5.26. The number of para-hydroxylation sites is 1. The molecule has 7 nitrogen and oxygen atoms in total. The molecular formula is C24H20FN5O2S. The number of nitrogens with zero attached hydrogens (tertiary/aromatic N) is 1. The molecule has 9 heteroatoms. The number of carbonyl (C=O) groups is 2. The first-order valence-corrected chi connectivity index (χ1v) is 11.3. The molecule has 0 fully saturated rings. The highest BCUT2D eigenvalue weighted by Gasteiger charge is 2.35. The summed E-state index contributed by atoms with van der Waals surface area (Å²) in [7, 11) is 0. The fourth-order valence-electron chi connectivity index (χ4n) is 4.31. The number of halogens is 1. The molecule has 3 heterocycles. The van der Waals surface area contributed by atoms with E-state index in [1.807, 2.05) is 28.8 Å². The van der Waals surface area contributed by atoms with E-state index >= 15 is 0 Å². The lowest BCUT2D eigenvalue weighted by Crippen LogP contribution is -2.22. The quantitative estimate of drug-likeness (QED) is 0.151.